The lowest BCUT2D eigenvalue weighted by Crippen LogP contribution is -1.90. The van der Waals surface area contributed by atoms with E-state index < -0.39 is 5.82 Å². The fourth-order valence-electron chi connectivity index (χ4n) is 2.80. The van der Waals surface area contributed by atoms with Crippen LogP contribution < -0.4 is 4.74 Å². The van der Waals surface area contributed by atoms with Crippen molar-refractivity contribution in [1.82, 2.24) is 4.98 Å². The molecule has 0 atom stereocenters. The number of aromatic nitrogens is 1. The summed E-state index contributed by atoms with van der Waals surface area (Å²) in [6.45, 7) is 3.94. The van der Waals surface area contributed by atoms with Gasteiger partial charge in [0.05, 0.1) is 12.8 Å². The van der Waals surface area contributed by atoms with Crippen LogP contribution in [0.5, 0.6) is 5.75 Å². The Morgan fingerprint density at radius 1 is 1.14 bits per heavy atom. The van der Waals surface area contributed by atoms with Crippen molar-refractivity contribution in [2.24, 2.45) is 0 Å². The number of hydrogen-bond acceptors (Lipinski definition) is 2. The Morgan fingerprint density at radius 2 is 1.86 bits per heavy atom. The van der Waals surface area contributed by atoms with Crippen LogP contribution in [0.25, 0.3) is 22.2 Å². The van der Waals surface area contributed by atoms with Crippen molar-refractivity contribution in [2.45, 2.75) is 13.8 Å². The number of carbonyl (C=O) groups excluding carboxylic acids is 1. The molecular weight excluding hydrogens is 281 g/mol. The molecule has 0 saturated carbocycles. The van der Waals surface area contributed by atoms with Crippen LogP contribution in [0.1, 0.15) is 21.5 Å². The first-order chi connectivity index (χ1) is 10.6. The minimum absolute atomic E-state index is 0.180. The first-order valence-corrected chi connectivity index (χ1v) is 6.97. The first-order valence-electron chi connectivity index (χ1n) is 6.97. The van der Waals surface area contributed by atoms with E-state index in [1.165, 1.54) is 13.2 Å². The Hall–Kier alpha value is -2.62. The molecule has 0 bridgehead atoms. The van der Waals surface area contributed by atoms with Crippen LogP contribution in [0.2, 0.25) is 0 Å². The van der Waals surface area contributed by atoms with Gasteiger partial charge in [0, 0.05) is 22.0 Å². The molecule has 0 saturated heterocycles. The number of methoxy groups -OCH3 is 1. The lowest BCUT2D eigenvalue weighted by molar-refractivity contribution is 0.112. The number of aryl methyl sites for hydroxylation is 2. The summed E-state index contributed by atoms with van der Waals surface area (Å²) < 4.78 is 18.9. The summed E-state index contributed by atoms with van der Waals surface area (Å²) in [5.74, 6) is -0.274. The third-order valence-corrected chi connectivity index (χ3v) is 3.97. The minimum atomic E-state index is -0.455. The van der Waals surface area contributed by atoms with Crippen LogP contribution in [0.4, 0.5) is 4.39 Å². The molecule has 0 aliphatic carbocycles. The number of hydrogen-bond donors (Lipinski definition) is 1. The molecule has 0 unspecified atom stereocenters. The van der Waals surface area contributed by atoms with Crippen LogP contribution in [0, 0.1) is 19.7 Å². The van der Waals surface area contributed by atoms with Gasteiger partial charge in [0.15, 0.2) is 17.9 Å². The van der Waals surface area contributed by atoms with Crippen molar-refractivity contribution in [3.8, 4) is 17.0 Å². The van der Waals surface area contributed by atoms with E-state index in [2.05, 4.69) is 4.98 Å². The molecule has 112 valence electrons. The molecule has 1 N–H and O–H groups in total. The van der Waals surface area contributed by atoms with Crippen molar-refractivity contribution < 1.29 is 13.9 Å². The molecular formula is C18H16FNO2. The van der Waals surface area contributed by atoms with Crippen molar-refractivity contribution in [1.29, 1.82) is 0 Å². The Labute approximate surface area is 127 Å². The van der Waals surface area contributed by atoms with E-state index in [0.717, 1.165) is 28.3 Å². The highest BCUT2D eigenvalue weighted by Crippen LogP contribution is 2.34. The molecule has 1 heterocycles. The van der Waals surface area contributed by atoms with Gasteiger partial charge in [-0.3, -0.25) is 4.79 Å². The molecule has 0 aliphatic rings. The SMILES string of the molecule is COc1ccc(-c2[nH]c3c(C)ccc(C)c3c2C=O)cc1F. The van der Waals surface area contributed by atoms with Gasteiger partial charge >= 0.3 is 0 Å². The monoisotopic (exact) mass is 297 g/mol. The summed E-state index contributed by atoms with van der Waals surface area (Å²) in [5.41, 5.74) is 4.77. The van der Waals surface area contributed by atoms with E-state index in [-0.39, 0.29) is 5.75 Å². The number of aldehydes is 1. The smallest absolute Gasteiger partial charge is 0.165 e. The summed E-state index contributed by atoms with van der Waals surface area (Å²) in [5, 5.41) is 0.890. The molecule has 0 spiro atoms. The van der Waals surface area contributed by atoms with E-state index in [1.807, 2.05) is 26.0 Å². The van der Waals surface area contributed by atoms with Gasteiger partial charge in [-0.25, -0.2) is 4.39 Å². The molecule has 22 heavy (non-hydrogen) atoms. The Bertz CT molecular complexity index is 880. The Kier molecular flexibility index (Phi) is 3.45. The van der Waals surface area contributed by atoms with Gasteiger partial charge in [-0.05, 0) is 43.2 Å². The van der Waals surface area contributed by atoms with E-state index in [4.69, 9.17) is 4.74 Å². The van der Waals surface area contributed by atoms with Gasteiger partial charge in [0.1, 0.15) is 0 Å². The molecule has 1 aromatic heterocycles. The molecule has 3 rings (SSSR count). The minimum Gasteiger partial charge on any atom is -0.494 e. The predicted molar refractivity (Wildman–Crippen MR) is 85.1 cm³/mol. The zero-order valence-corrected chi connectivity index (χ0v) is 12.7. The highest BCUT2D eigenvalue weighted by atomic mass is 19.1. The number of aromatic amines is 1. The normalized spacial score (nSPS) is 10.9. The fourth-order valence-corrected chi connectivity index (χ4v) is 2.80. The van der Waals surface area contributed by atoms with Crippen molar-refractivity contribution in [2.75, 3.05) is 7.11 Å². The Balaban J connectivity index is 2.31. The van der Waals surface area contributed by atoms with E-state index in [0.29, 0.717) is 16.8 Å². The number of ether oxygens (including phenoxy) is 1. The summed E-state index contributed by atoms with van der Waals surface area (Å²) in [6.07, 6.45) is 0.822. The van der Waals surface area contributed by atoms with Crippen LogP contribution in [0.15, 0.2) is 30.3 Å². The second-order valence-corrected chi connectivity index (χ2v) is 5.33. The highest BCUT2D eigenvalue weighted by Gasteiger charge is 2.17. The van der Waals surface area contributed by atoms with E-state index in [9.17, 15) is 9.18 Å². The third kappa shape index (κ3) is 2.08. The van der Waals surface area contributed by atoms with Crippen LogP contribution in [-0.4, -0.2) is 18.4 Å². The zero-order chi connectivity index (χ0) is 15.9. The number of carbonyl (C=O) groups is 1. The molecule has 0 aliphatic heterocycles. The number of benzene rings is 2. The van der Waals surface area contributed by atoms with Crippen LogP contribution in [-0.2, 0) is 0 Å². The molecule has 4 heteroatoms. The van der Waals surface area contributed by atoms with Crippen molar-refractivity contribution in [3.63, 3.8) is 0 Å². The van der Waals surface area contributed by atoms with Gasteiger partial charge in [0.25, 0.3) is 0 Å². The topological polar surface area (TPSA) is 42.1 Å². The number of halogens is 1. The van der Waals surface area contributed by atoms with Crippen molar-refractivity contribution in [3.05, 3.63) is 52.8 Å². The maximum Gasteiger partial charge on any atom is 0.165 e. The summed E-state index contributed by atoms with van der Waals surface area (Å²) in [6, 6.07) is 8.66. The summed E-state index contributed by atoms with van der Waals surface area (Å²) in [7, 11) is 1.42. The maximum absolute atomic E-state index is 14.0. The zero-order valence-electron chi connectivity index (χ0n) is 12.7. The van der Waals surface area contributed by atoms with Crippen LogP contribution >= 0.6 is 0 Å². The largest absolute Gasteiger partial charge is 0.494 e. The molecule has 3 aromatic rings. The van der Waals surface area contributed by atoms with Gasteiger partial charge in [-0.2, -0.15) is 0 Å². The average Bonchev–Trinajstić information content (AvgIpc) is 2.91. The molecule has 3 nitrogen and oxygen atoms in total. The molecule has 2 aromatic carbocycles. The average molecular weight is 297 g/mol. The Morgan fingerprint density at radius 3 is 2.50 bits per heavy atom. The number of nitrogens with one attached hydrogen (secondary N) is 1. The van der Waals surface area contributed by atoms with Gasteiger partial charge < -0.3 is 9.72 Å². The van der Waals surface area contributed by atoms with Gasteiger partial charge in [0.2, 0.25) is 0 Å². The predicted octanol–water partition coefficient (Wildman–Crippen LogP) is 4.41. The molecule has 0 fully saturated rings. The summed E-state index contributed by atoms with van der Waals surface area (Å²) >= 11 is 0. The second kappa shape index (κ2) is 5.30. The molecule has 0 radical (unpaired) electrons. The molecule has 0 amide bonds. The standard InChI is InChI=1S/C18H16FNO2/c1-10-4-5-11(2)17-16(10)13(9-21)18(20-17)12-6-7-15(22-3)14(19)8-12/h4-9,20H,1-3H3. The highest BCUT2D eigenvalue weighted by molar-refractivity contribution is 6.06. The van der Waals surface area contributed by atoms with Crippen molar-refractivity contribution >= 4 is 17.2 Å². The van der Waals surface area contributed by atoms with Gasteiger partial charge in [-0.1, -0.05) is 12.1 Å². The van der Waals surface area contributed by atoms with Gasteiger partial charge in [-0.15, -0.1) is 0 Å². The lowest BCUT2D eigenvalue weighted by Gasteiger charge is -2.04. The maximum atomic E-state index is 14.0. The van der Waals surface area contributed by atoms with E-state index >= 15 is 0 Å². The van der Waals surface area contributed by atoms with Crippen LogP contribution in [0.3, 0.4) is 0 Å². The second-order valence-electron chi connectivity index (χ2n) is 5.33. The number of rotatable bonds is 3. The number of H-pyrrole nitrogens is 1. The summed E-state index contributed by atoms with van der Waals surface area (Å²) in [4.78, 5) is 14.9. The number of fused-ring (bicyclic) bond motifs is 1. The van der Waals surface area contributed by atoms with E-state index in [1.54, 1.807) is 12.1 Å². The lowest BCUT2D eigenvalue weighted by atomic mass is 10.0. The first kappa shape index (κ1) is 14.3. The quantitative estimate of drug-likeness (QED) is 0.727. The fraction of sp³-hybridized carbons (Fsp3) is 0.167. The third-order valence-electron chi connectivity index (χ3n) is 3.97.